The number of fused-ring (bicyclic) bond motifs is 1. The molecule has 2 amide bonds. The van der Waals surface area contributed by atoms with E-state index in [2.05, 4.69) is 25.8 Å². The van der Waals surface area contributed by atoms with Crippen LogP contribution >= 0.6 is 22.9 Å². The fraction of sp³-hybridized carbons (Fsp3) is 0. The summed E-state index contributed by atoms with van der Waals surface area (Å²) < 4.78 is 0.974. The first-order valence-electron chi connectivity index (χ1n) is 8.15. The first-order valence-corrected chi connectivity index (χ1v) is 9.35. The molecule has 4 aromatic rings. The lowest BCUT2D eigenvalue weighted by Gasteiger charge is -2.09. The highest BCUT2D eigenvalue weighted by molar-refractivity contribution is 7.21. The van der Waals surface area contributed by atoms with Crippen LogP contribution in [0.1, 0.15) is 20.8 Å². The maximum absolute atomic E-state index is 12.6. The molecule has 2 aromatic carbocycles. The number of benzene rings is 2. The number of nitrogens with zero attached hydrogens (tertiary/aromatic N) is 3. The lowest BCUT2D eigenvalue weighted by molar-refractivity contribution is 0.0844. The Bertz CT molecular complexity index is 1160. The minimum atomic E-state index is -0.609. The van der Waals surface area contributed by atoms with Crippen LogP contribution in [0.4, 0.5) is 0 Å². The molecular weight excluding hydrogens is 398 g/mol. The molecule has 9 heteroatoms. The third-order valence-electron chi connectivity index (χ3n) is 3.82. The first kappa shape index (κ1) is 18.0. The number of carbonyl (C=O) groups excluding carboxylic acids is 2. The average molecular weight is 410 g/mol. The van der Waals surface area contributed by atoms with Crippen LogP contribution in [0, 0.1) is 0 Å². The summed E-state index contributed by atoms with van der Waals surface area (Å²) in [5, 5.41) is 0.848. The van der Waals surface area contributed by atoms with Crippen LogP contribution in [-0.4, -0.2) is 26.8 Å². The number of hydrogen-bond acceptors (Lipinski definition) is 6. The number of thiazole rings is 1. The number of carbonyl (C=O) groups is 2. The van der Waals surface area contributed by atoms with Crippen molar-refractivity contribution < 1.29 is 9.59 Å². The van der Waals surface area contributed by atoms with Crippen molar-refractivity contribution in [1.29, 1.82) is 0 Å². The van der Waals surface area contributed by atoms with E-state index >= 15 is 0 Å². The first-order chi connectivity index (χ1) is 13.6. The number of hydrogen-bond donors (Lipinski definition) is 2. The molecule has 7 nitrogen and oxygen atoms in total. The van der Waals surface area contributed by atoms with Gasteiger partial charge in [-0.15, -0.1) is 11.3 Å². The standard InChI is InChI=1S/C19H12ClN5O2S/c20-12-6-2-1-5-11(12)17(26)24-25-18(27)15-16(22-10-9-21-15)19-23-13-7-3-4-8-14(13)28-19/h1-10H,(H,24,26)(H,25,27). The van der Waals surface area contributed by atoms with Crippen LogP contribution in [0.5, 0.6) is 0 Å². The maximum atomic E-state index is 12.6. The second-order valence-electron chi connectivity index (χ2n) is 5.63. The molecule has 0 aliphatic heterocycles. The molecule has 4 rings (SSSR count). The van der Waals surface area contributed by atoms with E-state index in [1.165, 1.54) is 23.7 Å². The molecule has 2 heterocycles. The topological polar surface area (TPSA) is 96.9 Å². The minimum absolute atomic E-state index is 0.0565. The Hall–Kier alpha value is -3.36. The molecule has 2 N–H and O–H groups in total. The number of aromatic nitrogens is 3. The van der Waals surface area contributed by atoms with Crippen molar-refractivity contribution in [3.63, 3.8) is 0 Å². The number of halogens is 1. The van der Waals surface area contributed by atoms with E-state index in [0.29, 0.717) is 10.7 Å². The number of rotatable bonds is 3. The van der Waals surface area contributed by atoms with E-state index in [1.807, 2.05) is 24.3 Å². The molecule has 0 fully saturated rings. The Kier molecular flexibility index (Phi) is 4.96. The summed E-state index contributed by atoms with van der Waals surface area (Å²) >= 11 is 7.40. The van der Waals surface area contributed by atoms with Gasteiger partial charge in [-0.1, -0.05) is 35.9 Å². The lowest BCUT2D eigenvalue weighted by atomic mass is 10.2. The van der Waals surface area contributed by atoms with Crippen molar-refractivity contribution in [2.24, 2.45) is 0 Å². The van der Waals surface area contributed by atoms with Gasteiger partial charge >= 0.3 is 0 Å². The summed E-state index contributed by atoms with van der Waals surface area (Å²) in [5.74, 6) is -1.15. The Morgan fingerprint density at radius 1 is 0.893 bits per heavy atom. The van der Waals surface area contributed by atoms with Crippen LogP contribution < -0.4 is 10.9 Å². The van der Waals surface area contributed by atoms with E-state index in [-0.39, 0.29) is 16.3 Å². The third kappa shape index (κ3) is 3.55. The zero-order valence-corrected chi connectivity index (χ0v) is 15.8. The lowest BCUT2D eigenvalue weighted by Crippen LogP contribution is -2.42. The largest absolute Gasteiger partial charge is 0.290 e. The second-order valence-corrected chi connectivity index (χ2v) is 7.07. The molecule has 0 saturated heterocycles. The molecule has 0 saturated carbocycles. The van der Waals surface area contributed by atoms with Crippen molar-refractivity contribution in [1.82, 2.24) is 25.8 Å². The molecule has 0 atom stereocenters. The molecule has 0 bridgehead atoms. The molecule has 0 unspecified atom stereocenters. The van der Waals surface area contributed by atoms with Gasteiger partial charge in [0.25, 0.3) is 11.8 Å². The van der Waals surface area contributed by atoms with Crippen LogP contribution in [0.15, 0.2) is 60.9 Å². The monoisotopic (exact) mass is 409 g/mol. The highest BCUT2D eigenvalue weighted by Gasteiger charge is 2.19. The van der Waals surface area contributed by atoms with Crippen molar-refractivity contribution in [3.05, 3.63) is 77.2 Å². The number of hydrazine groups is 1. The molecule has 2 aromatic heterocycles. The van der Waals surface area contributed by atoms with Gasteiger partial charge in [-0.3, -0.25) is 20.4 Å². The van der Waals surface area contributed by atoms with E-state index in [9.17, 15) is 9.59 Å². The van der Waals surface area contributed by atoms with Gasteiger partial charge in [-0.05, 0) is 24.3 Å². The molecule has 0 aliphatic carbocycles. The Morgan fingerprint density at radius 2 is 1.61 bits per heavy atom. The van der Waals surface area contributed by atoms with Crippen LogP contribution in [0.3, 0.4) is 0 Å². The zero-order chi connectivity index (χ0) is 19.5. The van der Waals surface area contributed by atoms with Gasteiger partial charge in [0.1, 0.15) is 10.7 Å². The molecule has 138 valence electrons. The van der Waals surface area contributed by atoms with Gasteiger partial charge in [0, 0.05) is 12.4 Å². The molecule has 28 heavy (non-hydrogen) atoms. The number of para-hydroxylation sites is 1. The van der Waals surface area contributed by atoms with Crippen molar-refractivity contribution in [2.45, 2.75) is 0 Å². The van der Waals surface area contributed by atoms with Gasteiger partial charge in [0.15, 0.2) is 5.69 Å². The van der Waals surface area contributed by atoms with Crippen molar-refractivity contribution in [2.75, 3.05) is 0 Å². The fourth-order valence-corrected chi connectivity index (χ4v) is 3.70. The van der Waals surface area contributed by atoms with Crippen LogP contribution in [0.25, 0.3) is 20.9 Å². The predicted octanol–water partition coefficient (Wildman–Crippen LogP) is 3.48. The number of nitrogens with one attached hydrogen (secondary N) is 2. The Morgan fingerprint density at radius 3 is 2.43 bits per heavy atom. The van der Waals surface area contributed by atoms with Gasteiger partial charge in [-0.2, -0.15) is 0 Å². The SMILES string of the molecule is O=C(NNC(=O)c1nccnc1-c1nc2ccccc2s1)c1ccccc1Cl. The van der Waals surface area contributed by atoms with Gasteiger partial charge in [0.2, 0.25) is 0 Å². The van der Waals surface area contributed by atoms with Gasteiger partial charge in [0.05, 0.1) is 20.8 Å². The normalized spacial score (nSPS) is 10.6. The Labute approximate surface area is 168 Å². The fourth-order valence-electron chi connectivity index (χ4n) is 2.52. The van der Waals surface area contributed by atoms with E-state index in [1.54, 1.807) is 24.3 Å². The summed E-state index contributed by atoms with van der Waals surface area (Å²) in [6.07, 6.45) is 2.89. The van der Waals surface area contributed by atoms with E-state index in [4.69, 9.17) is 11.6 Å². The summed E-state index contributed by atoms with van der Waals surface area (Å²) in [5.41, 5.74) is 6.14. The predicted molar refractivity (Wildman–Crippen MR) is 107 cm³/mol. The Balaban J connectivity index is 1.57. The molecule has 0 aliphatic rings. The zero-order valence-electron chi connectivity index (χ0n) is 14.2. The van der Waals surface area contributed by atoms with E-state index < -0.39 is 11.8 Å². The summed E-state index contributed by atoms with van der Waals surface area (Å²) in [6, 6.07) is 14.2. The van der Waals surface area contributed by atoms with Crippen LogP contribution in [0.2, 0.25) is 5.02 Å². The smallest absolute Gasteiger partial charge is 0.267 e. The minimum Gasteiger partial charge on any atom is -0.267 e. The van der Waals surface area contributed by atoms with Crippen LogP contribution in [-0.2, 0) is 0 Å². The maximum Gasteiger partial charge on any atom is 0.290 e. The highest BCUT2D eigenvalue weighted by atomic mass is 35.5. The summed E-state index contributed by atoms with van der Waals surface area (Å²) in [7, 11) is 0. The average Bonchev–Trinajstić information content (AvgIpc) is 3.16. The molecule has 0 spiro atoms. The van der Waals surface area contributed by atoms with Crippen molar-refractivity contribution in [3.8, 4) is 10.7 Å². The summed E-state index contributed by atoms with van der Waals surface area (Å²) in [4.78, 5) is 37.7. The van der Waals surface area contributed by atoms with Gasteiger partial charge < -0.3 is 0 Å². The molecule has 0 radical (unpaired) electrons. The van der Waals surface area contributed by atoms with Gasteiger partial charge in [-0.25, -0.2) is 15.0 Å². The highest BCUT2D eigenvalue weighted by Crippen LogP contribution is 2.29. The number of amides is 2. The third-order valence-corrected chi connectivity index (χ3v) is 5.19. The second kappa shape index (κ2) is 7.71. The summed E-state index contributed by atoms with van der Waals surface area (Å²) in [6.45, 7) is 0. The molecular formula is C19H12ClN5O2S. The quantitative estimate of drug-likeness (QED) is 0.505. The van der Waals surface area contributed by atoms with E-state index in [0.717, 1.165) is 10.2 Å². The van der Waals surface area contributed by atoms with Crippen molar-refractivity contribution >= 4 is 45.0 Å².